The molecule has 7 heteroatoms. The van der Waals surface area contributed by atoms with Crippen LogP contribution < -0.4 is 5.32 Å². The molecule has 0 unspecified atom stereocenters. The summed E-state index contributed by atoms with van der Waals surface area (Å²) in [5.41, 5.74) is 0. The van der Waals surface area contributed by atoms with Gasteiger partial charge in [0, 0.05) is 13.8 Å². The second-order valence-corrected chi connectivity index (χ2v) is 4.10. The number of rotatable bonds is 2. The molecule has 0 aliphatic carbocycles. The van der Waals surface area contributed by atoms with Gasteiger partial charge in [-0.1, -0.05) is 6.92 Å². The molecule has 0 rings (SSSR count). The van der Waals surface area contributed by atoms with E-state index in [1.165, 1.54) is 13.8 Å². The van der Waals surface area contributed by atoms with E-state index in [0.717, 1.165) is 0 Å². The van der Waals surface area contributed by atoms with Crippen molar-refractivity contribution in [1.82, 2.24) is 5.32 Å². The summed E-state index contributed by atoms with van der Waals surface area (Å²) in [5.74, 6) is -0.757. The summed E-state index contributed by atoms with van der Waals surface area (Å²) in [5, 5.41) is 2.03. The lowest BCUT2D eigenvalue weighted by Crippen LogP contribution is -2.24. The second-order valence-electron chi connectivity index (χ2n) is 2.52. The van der Waals surface area contributed by atoms with Gasteiger partial charge in [0.15, 0.2) is 0 Å². The Morgan fingerprint density at radius 1 is 1.21 bits per heavy atom. The molecule has 0 aromatic heterocycles. The van der Waals surface area contributed by atoms with E-state index in [1.807, 2.05) is 5.32 Å². The third kappa shape index (κ3) is 22.5. The molecule has 0 aromatic carbocycles. The average Bonchev–Trinajstić information content (AvgIpc) is 1.80. The van der Waals surface area contributed by atoms with Gasteiger partial charge in [0.2, 0.25) is 11.8 Å². The number of carbonyl (C=O) groups is 2. The molecule has 0 heterocycles. The van der Waals surface area contributed by atoms with Crippen molar-refractivity contribution < 1.29 is 22.6 Å². The lowest BCUT2D eigenvalue weighted by molar-refractivity contribution is -0.127. The zero-order valence-corrected chi connectivity index (χ0v) is 9.22. The van der Waals surface area contributed by atoms with Crippen molar-refractivity contribution in [2.75, 3.05) is 5.75 Å². The first-order valence-corrected chi connectivity index (χ1v) is 5.53. The van der Waals surface area contributed by atoms with Crippen LogP contribution in [0.1, 0.15) is 27.2 Å². The third-order valence-electron chi connectivity index (χ3n) is 0.814. The molecule has 2 amide bonds. The van der Waals surface area contributed by atoms with Crippen LogP contribution in [-0.2, 0) is 19.7 Å². The van der Waals surface area contributed by atoms with E-state index < -0.39 is 10.1 Å². The van der Waals surface area contributed by atoms with Gasteiger partial charge in [-0.05, 0) is 6.42 Å². The monoisotopic (exact) mass is 225 g/mol. The van der Waals surface area contributed by atoms with Crippen molar-refractivity contribution in [2.45, 2.75) is 27.2 Å². The van der Waals surface area contributed by atoms with E-state index >= 15 is 0 Å². The Balaban J connectivity index is 0. The molecule has 2 N–H and O–H groups in total. The highest BCUT2D eigenvalue weighted by molar-refractivity contribution is 7.85. The standard InChI is InChI=1S/C4H7NO2.C3H8O3S/c1-3(6)5-4(2)7;1-2-3-7(4,5)6/h1-2H3,(H,5,6,7);2-3H2,1H3,(H,4,5,6). The Labute approximate surface area is 83.4 Å². The molecular formula is C7H15NO5S. The maximum atomic E-state index is 9.92. The number of carbonyl (C=O) groups excluding carboxylic acids is 2. The Morgan fingerprint density at radius 2 is 1.57 bits per heavy atom. The second kappa shape index (κ2) is 7.45. The number of hydrogen-bond donors (Lipinski definition) is 2. The lowest BCUT2D eigenvalue weighted by Gasteiger charge is -1.88. The zero-order chi connectivity index (χ0) is 11.8. The van der Waals surface area contributed by atoms with Crippen LogP contribution >= 0.6 is 0 Å². The Morgan fingerprint density at radius 3 is 1.57 bits per heavy atom. The summed E-state index contributed by atoms with van der Waals surface area (Å²) >= 11 is 0. The predicted octanol–water partition coefficient (Wildman–Crippen LogP) is -0.0468. The summed E-state index contributed by atoms with van der Waals surface area (Å²) in [6.07, 6.45) is 0.471. The fourth-order valence-corrected chi connectivity index (χ4v) is 1.02. The van der Waals surface area contributed by atoms with Gasteiger partial charge < -0.3 is 0 Å². The Hall–Kier alpha value is -0.950. The topological polar surface area (TPSA) is 101 Å². The van der Waals surface area contributed by atoms with Gasteiger partial charge in [-0.15, -0.1) is 0 Å². The minimum absolute atomic E-state index is 0.132. The van der Waals surface area contributed by atoms with Crippen molar-refractivity contribution in [3.05, 3.63) is 0 Å². The average molecular weight is 225 g/mol. The van der Waals surface area contributed by atoms with Crippen molar-refractivity contribution in [3.8, 4) is 0 Å². The molecule has 0 saturated carbocycles. The Bertz CT molecular complexity index is 270. The van der Waals surface area contributed by atoms with Crippen LogP contribution in [0.4, 0.5) is 0 Å². The van der Waals surface area contributed by atoms with Crippen LogP contribution in [-0.4, -0.2) is 30.5 Å². The third-order valence-corrected chi connectivity index (χ3v) is 1.74. The molecule has 14 heavy (non-hydrogen) atoms. The predicted molar refractivity (Wildman–Crippen MR) is 51.2 cm³/mol. The smallest absolute Gasteiger partial charge is 0.264 e. The summed E-state index contributed by atoms with van der Waals surface area (Å²) < 4.78 is 27.6. The first kappa shape index (κ1) is 15.5. The maximum absolute atomic E-state index is 9.92. The van der Waals surface area contributed by atoms with Crippen LogP contribution in [0.5, 0.6) is 0 Å². The highest BCUT2D eigenvalue weighted by Gasteiger charge is 1.98. The highest BCUT2D eigenvalue weighted by atomic mass is 32.2. The van der Waals surface area contributed by atoms with Crippen molar-refractivity contribution in [1.29, 1.82) is 0 Å². The van der Waals surface area contributed by atoms with Crippen LogP contribution in [0, 0.1) is 0 Å². The molecule has 0 radical (unpaired) electrons. The number of amides is 2. The molecule has 0 atom stereocenters. The normalized spacial score (nSPS) is 9.71. The van der Waals surface area contributed by atoms with E-state index in [9.17, 15) is 18.0 Å². The molecule has 0 aliphatic heterocycles. The van der Waals surface area contributed by atoms with Gasteiger partial charge in [-0.25, -0.2) is 0 Å². The quantitative estimate of drug-likeness (QED) is 0.642. The zero-order valence-electron chi connectivity index (χ0n) is 8.40. The first-order chi connectivity index (χ1) is 6.19. The Kier molecular flexibility index (Phi) is 8.26. The van der Waals surface area contributed by atoms with Gasteiger partial charge in [0.1, 0.15) is 0 Å². The van der Waals surface area contributed by atoms with Gasteiger partial charge >= 0.3 is 0 Å². The van der Waals surface area contributed by atoms with Crippen LogP contribution in [0.15, 0.2) is 0 Å². The molecule has 0 aromatic rings. The molecule has 84 valence electrons. The van der Waals surface area contributed by atoms with Crippen LogP contribution in [0.25, 0.3) is 0 Å². The molecule has 0 bridgehead atoms. The summed E-state index contributed by atoms with van der Waals surface area (Å²) in [6, 6.07) is 0. The van der Waals surface area contributed by atoms with Gasteiger partial charge in [0.25, 0.3) is 10.1 Å². The van der Waals surface area contributed by atoms with E-state index in [4.69, 9.17) is 4.55 Å². The van der Waals surface area contributed by atoms with Crippen molar-refractivity contribution >= 4 is 21.9 Å². The highest BCUT2D eigenvalue weighted by Crippen LogP contribution is 1.83. The van der Waals surface area contributed by atoms with Gasteiger partial charge in [-0.3, -0.25) is 19.5 Å². The molecule has 0 aliphatic rings. The molecule has 0 spiro atoms. The fraction of sp³-hybridized carbons (Fsp3) is 0.714. The van der Waals surface area contributed by atoms with Crippen molar-refractivity contribution in [3.63, 3.8) is 0 Å². The molecule has 0 saturated heterocycles. The van der Waals surface area contributed by atoms with Gasteiger partial charge in [0.05, 0.1) is 5.75 Å². The maximum Gasteiger partial charge on any atom is 0.264 e. The van der Waals surface area contributed by atoms with Gasteiger partial charge in [-0.2, -0.15) is 8.42 Å². The summed E-state index contributed by atoms with van der Waals surface area (Å²) in [7, 11) is -3.67. The molecule has 6 nitrogen and oxygen atoms in total. The molecular weight excluding hydrogens is 210 g/mol. The van der Waals surface area contributed by atoms with Crippen LogP contribution in [0.3, 0.4) is 0 Å². The molecule has 0 fully saturated rings. The summed E-state index contributed by atoms with van der Waals surface area (Å²) in [6.45, 7) is 4.27. The first-order valence-electron chi connectivity index (χ1n) is 3.92. The van der Waals surface area contributed by atoms with E-state index in [2.05, 4.69) is 0 Å². The number of imide groups is 1. The van der Waals surface area contributed by atoms with Crippen molar-refractivity contribution in [2.24, 2.45) is 0 Å². The van der Waals surface area contributed by atoms with E-state index in [-0.39, 0.29) is 17.6 Å². The van der Waals surface area contributed by atoms with E-state index in [1.54, 1.807) is 6.92 Å². The number of nitrogens with one attached hydrogen (secondary N) is 1. The fourth-order valence-electron chi connectivity index (χ4n) is 0.506. The van der Waals surface area contributed by atoms with Crippen LogP contribution in [0.2, 0.25) is 0 Å². The lowest BCUT2D eigenvalue weighted by atomic mass is 10.6. The minimum atomic E-state index is -3.67. The number of hydrogen-bond acceptors (Lipinski definition) is 4. The SMILES string of the molecule is CC(=O)NC(C)=O.CCCS(=O)(=O)O. The summed E-state index contributed by atoms with van der Waals surface area (Å²) in [4.78, 5) is 19.8. The largest absolute Gasteiger partial charge is 0.297 e. The minimum Gasteiger partial charge on any atom is -0.297 e. The van der Waals surface area contributed by atoms with E-state index in [0.29, 0.717) is 6.42 Å².